The van der Waals surface area contributed by atoms with Crippen molar-refractivity contribution in [3.05, 3.63) is 34.3 Å². The molecule has 0 spiro atoms. The molecular formula is C15H22BrN. The third-order valence-electron chi connectivity index (χ3n) is 3.82. The van der Waals surface area contributed by atoms with Gasteiger partial charge in [-0.05, 0) is 30.0 Å². The van der Waals surface area contributed by atoms with Crippen LogP contribution in [0.25, 0.3) is 0 Å². The first kappa shape index (κ1) is 13.1. The van der Waals surface area contributed by atoms with Gasteiger partial charge in [-0.3, -0.25) is 0 Å². The van der Waals surface area contributed by atoms with Crippen LogP contribution in [0.3, 0.4) is 0 Å². The fraction of sp³-hybridized carbons (Fsp3) is 0.600. The standard InChI is InChI=1S/C15H22BrN/c1-12(2)4-3-9-15(10-17-11-15)13-5-7-14(16)8-6-13/h5-8,12,17H,3-4,9-11H2,1-2H3. The number of hydrogen-bond acceptors (Lipinski definition) is 1. The van der Waals surface area contributed by atoms with Gasteiger partial charge < -0.3 is 5.32 Å². The summed E-state index contributed by atoms with van der Waals surface area (Å²) >= 11 is 3.51. The monoisotopic (exact) mass is 295 g/mol. The Bertz CT molecular complexity index is 352. The summed E-state index contributed by atoms with van der Waals surface area (Å²) in [6, 6.07) is 8.89. The molecule has 94 valence electrons. The molecule has 1 aliphatic heterocycles. The van der Waals surface area contributed by atoms with E-state index in [1.165, 1.54) is 29.3 Å². The van der Waals surface area contributed by atoms with E-state index in [0.29, 0.717) is 5.41 Å². The van der Waals surface area contributed by atoms with Crippen molar-refractivity contribution in [2.45, 2.75) is 38.5 Å². The molecule has 0 unspecified atom stereocenters. The highest BCUT2D eigenvalue weighted by Gasteiger charge is 2.37. The quantitative estimate of drug-likeness (QED) is 0.862. The molecule has 17 heavy (non-hydrogen) atoms. The fourth-order valence-electron chi connectivity index (χ4n) is 2.60. The van der Waals surface area contributed by atoms with Crippen molar-refractivity contribution in [3.8, 4) is 0 Å². The molecule has 1 aromatic rings. The van der Waals surface area contributed by atoms with Crippen LogP contribution in [-0.4, -0.2) is 13.1 Å². The number of benzene rings is 1. The summed E-state index contributed by atoms with van der Waals surface area (Å²) in [5.41, 5.74) is 1.92. The molecule has 0 radical (unpaired) electrons. The number of rotatable bonds is 5. The molecule has 1 aliphatic rings. The summed E-state index contributed by atoms with van der Waals surface area (Å²) in [5, 5.41) is 3.44. The lowest BCUT2D eigenvalue weighted by atomic mass is 9.71. The number of halogens is 1. The molecule has 1 aromatic carbocycles. The van der Waals surface area contributed by atoms with Gasteiger partial charge in [-0.1, -0.05) is 54.8 Å². The minimum Gasteiger partial charge on any atom is -0.315 e. The van der Waals surface area contributed by atoms with Gasteiger partial charge >= 0.3 is 0 Å². The van der Waals surface area contributed by atoms with E-state index in [1.807, 2.05) is 0 Å². The summed E-state index contributed by atoms with van der Waals surface area (Å²) in [5.74, 6) is 0.824. The Morgan fingerprint density at radius 3 is 2.35 bits per heavy atom. The van der Waals surface area contributed by atoms with Crippen molar-refractivity contribution in [1.29, 1.82) is 0 Å². The van der Waals surface area contributed by atoms with Crippen LogP contribution < -0.4 is 5.32 Å². The van der Waals surface area contributed by atoms with Gasteiger partial charge in [0.25, 0.3) is 0 Å². The van der Waals surface area contributed by atoms with Crippen LogP contribution in [-0.2, 0) is 5.41 Å². The lowest BCUT2D eigenvalue weighted by molar-refractivity contribution is 0.246. The second-order valence-corrected chi connectivity index (χ2v) is 6.59. The Morgan fingerprint density at radius 1 is 1.24 bits per heavy atom. The lowest BCUT2D eigenvalue weighted by Gasteiger charge is -2.43. The average molecular weight is 296 g/mol. The minimum atomic E-state index is 0.412. The highest BCUT2D eigenvalue weighted by Crippen LogP contribution is 2.34. The van der Waals surface area contributed by atoms with E-state index >= 15 is 0 Å². The van der Waals surface area contributed by atoms with Gasteiger partial charge in [-0.15, -0.1) is 0 Å². The van der Waals surface area contributed by atoms with E-state index < -0.39 is 0 Å². The minimum absolute atomic E-state index is 0.412. The normalized spacial score (nSPS) is 18.1. The van der Waals surface area contributed by atoms with Gasteiger partial charge in [0.2, 0.25) is 0 Å². The summed E-state index contributed by atoms with van der Waals surface area (Å²) in [6.45, 7) is 6.91. The first-order chi connectivity index (χ1) is 8.12. The molecule has 2 heteroatoms. The molecular weight excluding hydrogens is 274 g/mol. The SMILES string of the molecule is CC(C)CCCC1(c2ccc(Br)cc2)CNC1. The molecule has 0 amide bonds. The van der Waals surface area contributed by atoms with Crippen molar-refractivity contribution >= 4 is 15.9 Å². The zero-order valence-corrected chi connectivity index (χ0v) is 12.4. The molecule has 1 fully saturated rings. The second-order valence-electron chi connectivity index (χ2n) is 5.68. The Balaban J connectivity index is 2.01. The average Bonchev–Trinajstić information content (AvgIpc) is 2.23. The Kier molecular flexibility index (Phi) is 4.26. The third kappa shape index (κ3) is 3.11. The smallest absolute Gasteiger partial charge is 0.0202 e. The van der Waals surface area contributed by atoms with E-state index in [9.17, 15) is 0 Å². The van der Waals surface area contributed by atoms with Crippen LogP contribution in [0.2, 0.25) is 0 Å². The summed E-state index contributed by atoms with van der Waals surface area (Å²) < 4.78 is 1.17. The highest BCUT2D eigenvalue weighted by atomic mass is 79.9. The van der Waals surface area contributed by atoms with Crippen molar-refractivity contribution < 1.29 is 0 Å². The Hall–Kier alpha value is -0.340. The molecule has 0 saturated carbocycles. The van der Waals surface area contributed by atoms with Crippen LogP contribution in [0.15, 0.2) is 28.7 Å². The predicted molar refractivity (Wildman–Crippen MR) is 77.4 cm³/mol. The number of nitrogens with one attached hydrogen (secondary N) is 1. The van der Waals surface area contributed by atoms with Crippen LogP contribution in [0, 0.1) is 5.92 Å². The molecule has 1 heterocycles. The number of hydrogen-bond donors (Lipinski definition) is 1. The van der Waals surface area contributed by atoms with Crippen molar-refractivity contribution in [3.63, 3.8) is 0 Å². The summed E-state index contributed by atoms with van der Waals surface area (Å²) in [6.07, 6.45) is 4.01. The molecule has 1 saturated heterocycles. The van der Waals surface area contributed by atoms with Gasteiger partial charge in [0.1, 0.15) is 0 Å². The van der Waals surface area contributed by atoms with E-state index in [1.54, 1.807) is 0 Å². The summed E-state index contributed by atoms with van der Waals surface area (Å²) in [7, 11) is 0. The van der Waals surface area contributed by atoms with E-state index in [2.05, 4.69) is 59.4 Å². The van der Waals surface area contributed by atoms with Crippen LogP contribution in [0.5, 0.6) is 0 Å². The maximum Gasteiger partial charge on any atom is 0.0202 e. The van der Waals surface area contributed by atoms with E-state index in [-0.39, 0.29) is 0 Å². The van der Waals surface area contributed by atoms with Gasteiger partial charge in [0, 0.05) is 23.0 Å². The van der Waals surface area contributed by atoms with Gasteiger partial charge in [0.15, 0.2) is 0 Å². The van der Waals surface area contributed by atoms with Crippen LogP contribution in [0.4, 0.5) is 0 Å². The highest BCUT2D eigenvalue weighted by molar-refractivity contribution is 9.10. The molecule has 1 nitrogen and oxygen atoms in total. The van der Waals surface area contributed by atoms with Gasteiger partial charge in [-0.2, -0.15) is 0 Å². The largest absolute Gasteiger partial charge is 0.315 e. The van der Waals surface area contributed by atoms with Crippen LogP contribution >= 0.6 is 15.9 Å². The van der Waals surface area contributed by atoms with E-state index in [0.717, 1.165) is 19.0 Å². The lowest BCUT2D eigenvalue weighted by Crippen LogP contribution is -2.56. The molecule has 0 atom stereocenters. The van der Waals surface area contributed by atoms with Gasteiger partial charge in [-0.25, -0.2) is 0 Å². The zero-order chi connectivity index (χ0) is 12.3. The summed E-state index contributed by atoms with van der Waals surface area (Å²) in [4.78, 5) is 0. The maximum absolute atomic E-state index is 3.51. The Labute approximate surface area is 113 Å². The molecule has 0 aliphatic carbocycles. The molecule has 0 aromatic heterocycles. The first-order valence-electron chi connectivity index (χ1n) is 6.59. The predicted octanol–water partition coefficient (Wildman–Crippen LogP) is 4.12. The Morgan fingerprint density at radius 2 is 1.88 bits per heavy atom. The van der Waals surface area contributed by atoms with E-state index in [4.69, 9.17) is 0 Å². The fourth-order valence-corrected chi connectivity index (χ4v) is 2.87. The maximum atomic E-state index is 3.51. The molecule has 2 rings (SSSR count). The van der Waals surface area contributed by atoms with Crippen molar-refractivity contribution in [1.82, 2.24) is 5.32 Å². The topological polar surface area (TPSA) is 12.0 Å². The van der Waals surface area contributed by atoms with Crippen LogP contribution in [0.1, 0.15) is 38.7 Å². The van der Waals surface area contributed by atoms with Crippen molar-refractivity contribution in [2.24, 2.45) is 5.92 Å². The third-order valence-corrected chi connectivity index (χ3v) is 4.35. The van der Waals surface area contributed by atoms with Crippen molar-refractivity contribution in [2.75, 3.05) is 13.1 Å². The molecule has 0 bridgehead atoms. The zero-order valence-electron chi connectivity index (χ0n) is 10.8. The molecule has 1 N–H and O–H groups in total. The second kappa shape index (κ2) is 5.53. The van der Waals surface area contributed by atoms with Gasteiger partial charge in [0.05, 0.1) is 0 Å². The first-order valence-corrected chi connectivity index (χ1v) is 7.38.